The Morgan fingerprint density at radius 3 is 3.11 bits per heavy atom. The molecule has 2 N–H and O–H groups in total. The second kappa shape index (κ2) is 6.36. The molecule has 6 heteroatoms. The van der Waals surface area contributed by atoms with Gasteiger partial charge in [0, 0.05) is 6.54 Å². The Bertz CT molecular complexity index is 439. The van der Waals surface area contributed by atoms with E-state index in [0.717, 1.165) is 19.3 Å². The number of nitrogens with one attached hydrogen (secondary N) is 1. The highest BCUT2D eigenvalue weighted by Gasteiger charge is 2.32. The van der Waals surface area contributed by atoms with Crippen molar-refractivity contribution in [2.75, 3.05) is 18.5 Å². The largest absolute Gasteiger partial charge is 0.481 e. The number of carbonyl (C=O) groups is 1. The SMILES string of the molecule is CCOc1cncc(NCC2CCCC2C(=O)O)n1. The van der Waals surface area contributed by atoms with Gasteiger partial charge in [0.2, 0.25) is 5.88 Å². The number of carboxylic acids is 1. The molecule has 0 saturated heterocycles. The van der Waals surface area contributed by atoms with E-state index in [1.54, 1.807) is 12.4 Å². The topological polar surface area (TPSA) is 84.3 Å². The summed E-state index contributed by atoms with van der Waals surface area (Å²) >= 11 is 0. The van der Waals surface area contributed by atoms with Gasteiger partial charge in [-0.1, -0.05) is 6.42 Å². The van der Waals surface area contributed by atoms with Gasteiger partial charge in [0.25, 0.3) is 0 Å². The van der Waals surface area contributed by atoms with Crippen LogP contribution in [-0.4, -0.2) is 34.2 Å². The van der Waals surface area contributed by atoms with Gasteiger partial charge in [0.1, 0.15) is 5.82 Å². The zero-order chi connectivity index (χ0) is 13.7. The van der Waals surface area contributed by atoms with Gasteiger partial charge in [-0.25, -0.2) is 0 Å². The molecule has 104 valence electrons. The van der Waals surface area contributed by atoms with E-state index in [0.29, 0.717) is 24.8 Å². The summed E-state index contributed by atoms with van der Waals surface area (Å²) in [5, 5.41) is 12.3. The zero-order valence-electron chi connectivity index (χ0n) is 11.0. The monoisotopic (exact) mass is 265 g/mol. The molecule has 0 radical (unpaired) electrons. The average molecular weight is 265 g/mol. The fourth-order valence-corrected chi connectivity index (χ4v) is 2.49. The lowest BCUT2D eigenvalue weighted by Gasteiger charge is -2.16. The number of anilines is 1. The summed E-state index contributed by atoms with van der Waals surface area (Å²) in [4.78, 5) is 19.4. The summed E-state index contributed by atoms with van der Waals surface area (Å²) in [5.74, 6) is 0.333. The van der Waals surface area contributed by atoms with Crippen molar-refractivity contribution < 1.29 is 14.6 Å². The second-order valence-corrected chi connectivity index (χ2v) is 4.69. The number of aliphatic carboxylic acids is 1. The maximum absolute atomic E-state index is 11.1. The summed E-state index contributed by atoms with van der Waals surface area (Å²) in [6.45, 7) is 3.04. The van der Waals surface area contributed by atoms with Crippen LogP contribution in [0.25, 0.3) is 0 Å². The molecule has 2 atom stereocenters. The molecular formula is C13H19N3O3. The molecule has 1 aromatic rings. The zero-order valence-corrected chi connectivity index (χ0v) is 11.0. The molecule has 2 unspecified atom stereocenters. The van der Waals surface area contributed by atoms with E-state index in [1.807, 2.05) is 6.92 Å². The van der Waals surface area contributed by atoms with Gasteiger partial charge in [-0.2, -0.15) is 4.98 Å². The highest BCUT2D eigenvalue weighted by molar-refractivity contribution is 5.70. The minimum Gasteiger partial charge on any atom is -0.481 e. The summed E-state index contributed by atoms with van der Waals surface area (Å²) in [6.07, 6.45) is 5.88. The first kappa shape index (κ1) is 13.6. The van der Waals surface area contributed by atoms with E-state index >= 15 is 0 Å². The minimum absolute atomic E-state index is 0.162. The molecule has 0 aliphatic heterocycles. The van der Waals surface area contributed by atoms with Gasteiger partial charge in [0.05, 0.1) is 24.9 Å². The fourth-order valence-electron chi connectivity index (χ4n) is 2.49. The van der Waals surface area contributed by atoms with Crippen LogP contribution >= 0.6 is 0 Å². The van der Waals surface area contributed by atoms with Crippen molar-refractivity contribution in [1.29, 1.82) is 0 Å². The number of carboxylic acid groups (broad SMARTS) is 1. The molecule has 1 aliphatic rings. The number of hydrogen-bond donors (Lipinski definition) is 2. The standard InChI is InChI=1S/C13H19N3O3/c1-2-19-12-8-14-7-11(16-12)15-6-9-4-3-5-10(9)13(17)18/h7-10H,2-6H2,1H3,(H,15,16)(H,17,18). The Morgan fingerprint density at radius 1 is 1.53 bits per heavy atom. The molecule has 2 rings (SSSR count). The highest BCUT2D eigenvalue weighted by atomic mass is 16.5. The number of ether oxygens (including phenoxy) is 1. The van der Waals surface area contributed by atoms with Crippen molar-refractivity contribution in [2.45, 2.75) is 26.2 Å². The van der Waals surface area contributed by atoms with Crippen molar-refractivity contribution in [3.63, 3.8) is 0 Å². The van der Waals surface area contributed by atoms with Crippen LogP contribution in [0.2, 0.25) is 0 Å². The van der Waals surface area contributed by atoms with Gasteiger partial charge in [-0.3, -0.25) is 9.78 Å². The van der Waals surface area contributed by atoms with E-state index in [9.17, 15) is 4.79 Å². The van der Waals surface area contributed by atoms with Crippen LogP contribution in [0, 0.1) is 11.8 Å². The summed E-state index contributed by atoms with van der Waals surface area (Å²) in [7, 11) is 0. The fraction of sp³-hybridized carbons (Fsp3) is 0.615. The van der Waals surface area contributed by atoms with E-state index in [1.165, 1.54) is 0 Å². The number of nitrogens with zero attached hydrogens (tertiary/aromatic N) is 2. The van der Waals surface area contributed by atoms with Gasteiger partial charge >= 0.3 is 5.97 Å². The molecular weight excluding hydrogens is 246 g/mol. The second-order valence-electron chi connectivity index (χ2n) is 4.69. The lowest BCUT2D eigenvalue weighted by atomic mass is 9.96. The molecule has 1 fully saturated rings. The first-order chi connectivity index (χ1) is 9.20. The average Bonchev–Trinajstić information content (AvgIpc) is 2.86. The van der Waals surface area contributed by atoms with Gasteiger partial charge in [0.15, 0.2) is 0 Å². The molecule has 1 saturated carbocycles. The first-order valence-electron chi connectivity index (χ1n) is 6.62. The summed E-state index contributed by atoms with van der Waals surface area (Å²) in [6, 6.07) is 0. The molecule has 1 heterocycles. The Hall–Kier alpha value is -1.85. The predicted octanol–water partition coefficient (Wildman–Crippen LogP) is 1.79. The van der Waals surface area contributed by atoms with Crippen LogP contribution in [0.15, 0.2) is 12.4 Å². The van der Waals surface area contributed by atoms with Crippen molar-refractivity contribution >= 4 is 11.8 Å². The van der Waals surface area contributed by atoms with Crippen LogP contribution < -0.4 is 10.1 Å². The van der Waals surface area contributed by atoms with Crippen molar-refractivity contribution in [2.24, 2.45) is 11.8 Å². The molecule has 6 nitrogen and oxygen atoms in total. The van der Waals surface area contributed by atoms with Crippen molar-refractivity contribution in [1.82, 2.24) is 9.97 Å². The third kappa shape index (κ3) is 3.56. The Labute approximate surface area is 112 Å². The summed E-state index contributed by atoms with van der Waals surface area (Å²) < 4.78 is 5.27. The third-order valence-corrected chi connectivity index (χ3v) is 3.43. The number of hydrogen-bond acceptors (Lipinski definition) is 5. The van der Waals surface area contributed by atoms with E-state index in [2.05, 4.69) is 15.3 Å². The minimum atomic E-state index is -0.696. The van der Waals surface area contributed by atoms with Crippen LogP contribution in [0.5, 0.6) is 5.88 Å². The lowest BCUT2D eigenvalue weighted by molar-refractivity contribution is -0.142. The molecule has 0 amide bonds. The van der Waals surface area contributed by atoms with Crippen molar-refractivity contribution in [3.05, 3.63) is 12.4 Å². The van der Waals surface area contributed by atoms with Gasteiger partial charge < -0.3 is 15.2 Å². The molecule has 0 aromatic carbocycles. The maximum Gasteiger partial charge on any atom is 0.306 e. The smallest absolute Gasteiger partial charge is 0.306 e. The Morgan fingerprint density at radius 2 is 2.37 bits per heavy atom. The van der Waals surface area contributed by atoms with E-state index in [4.69, 9.17) is 9.84 Å². The third-order valence-electron chi connectivity index (χ3n) is 3.43. The quantitative estimate of drug-likeness (QED) is 0.815. The number of aromatic nitrogens is 2. The van der Waals surface area contributed by atoms with Crippen LogP contribution in [0.4, 0.5) is 5.82 Å². The number of rotatable bonds is 6. The van der Waals surface area contributed by atoms with Crippen LogP contribution in [-0.2, 0) is 4.79 Å². The maximum atomic E-state index is 11.1. The molecule has 0 spiro atoms. The van der Waals surface area contributed by atoms with Crippen molar-refractivity contribution in [3.8, 4) is 5.88 Å². The summed E-state index contributed by atoms with van der Waals surface area (Å²) in [5.41, 5.74) is 0. The lowest BCUT2D eigenvalue weighted by Crippen LogP contribution is -2.24. The molecule has 0 bridgehead atoms. The molecule has 19 heavy (non-hydrogen) atoms. The molecule has 1 aliphatic carbocycles. The van der Waals surface area contributed by atoms with E-state index in [-0.39, 0.29) is 11.8 Å². The Kier molecular flexibility index (Phi) is 4.54. The van der Waals surface area contributed by atoms with Crippen LogP contribution in [0.3, 0.4) is 0 Å². The van der Waals surface area contributed by atoms with Crippen LogP contribution in [0.1, 0.15) is 26.2 Å². The first-order valence-corrected chi connectivity index (χ1v) is 6.62. The van der Waals surface area contributed by atoms with Gasteiger partial charge in [-0.05, 0) is 25.7 Å². The normalized spacial score (nSPS) is 22.2. The van der Waals surface area contributed by atoms with E-state index < -0.39 is 5.97 Å². The van der Waals surface area contributed by atoms with Gasteiger partial charge in [-0.15, -0.1) is 0 Å². The molecule has 1 aromatic heterocycles. The predicted molar refractivity (Wildman–Crippen MR) is 70.2 cm³/mol. The Balaban J connectivity index is 1.91. The highest BCUT2D eigenvalue weighted by Crippen LogP contribution is 2.31.